The largest absolute Gasteiger partial charge is 0.478 e. The van der Waals surface area contributed by atoms with Crippen molar-refractivity contribution in [3.63, 3.8) is 0 Å². The van der Waals surface area contributed by atoms with E-state index in [0.29, 0.717) is 28.0 Å². The number of hydrogen-bond acceptors (Lipinski definition) is 5. The minimum atomic E-state index is -0.244. The summed E-state index contributed by atoms with van der Waals surface area (Å²) >= 11 is 3.42. The Morgan fingerprint density at radius 3 is 2.77 bits per heavy atom. The summed E-state index contributed by atoms with van der Waals surface area (Å²) in [5.41, 5.74) is 1.09. The lowest BCUT2D eigenvalue weighted by molar-refractivity contribution is 0.368. The smallest absolute Gasteiger partial charge is 0.282 e. The van der Waals surface area contributed by atoms with Crippen molar-refractivity contribution in [1.29, 1.82) is 5.26 Å². The van der Waals surface area contributed by atoms with Crippen LogP contribution in [0.3, 0.4) is 0 Å². The van der Waals surface area contributed by atoms with E-state index >= 15 is 0 Å². The highest BCUT2D eigenvalue weighted by Gasteiger charge is 2.14. The predicted octanol–water partition coefficient (Wildman–Crippen LogP) is 5.22. The molecule has 1 heterocycles. The number of nitriles is 1. The quantitative estimate of drug-likeness (QED) is 0.371. The summed E-state index contributed by atoms with van der Waals surface area (Å²) in [7, 11) is 0. The second kappa shape index (κ2) is 8.70. The Balaban J connectivity index is 1.93. The van der Waals surface area contributed by atoms with Crippen LogP contribution in [0.2, 0.25) is 0 Å². The van der Waals surface area contributed by atoms with Gasteiger partial charge in [0.1, 0.15) is 17.6 Å². The van der Waals surface area contributed by atoms with E-state index in [0.717, 1.165) is 15.2 Å². The third-order valence-electron chi connectivity index (χ3n) is 4.87. The molecule has 0 atom stereocenters. The zero-order chi connectivity index (χ0) is 22.0. The van der Waals surface area contributed by atoms with Crippen LogP contribution >= 0.6 is 15.9 Å². The van der Waals surface area contributed by atoms with Gasteiger partial charge >= 0.3 is 0 Å². The predicted molar refractivity (Wildman–Crippen MR) is 126 cm³/mol. The molecule has 0 aliphatic carbocycles. The maximum Gasteiger partial charge on any atom is 0.282 e. The molecule has 1 aromatic heterocycles. The normalized spacial score (nSPS) is 11.5. The van der Waals surface area contributed by atoms with Crippen LogP contribution in [0, 0.1) is 11.3 Å². The lowest BCUT2D eigenvalue weighted by atomic mass is 10.0. The molecule has 0 saturated heterocycles. The molecule has 7 heteroatoms. The molecule has 0 saturated carbocycles. The first-order chi connectivity index (χ1) is 15.0. The Hall–Kier alpha value is -3.50. The number of ether oxygens (including phenoxy) is 1. The Kier molecular flexibility index (Phi) is 5.83. The number of benzene rings is 3. The summed E-state index contributed by atoms with van der Waals surface area (Å²) in [4.78, 5) is 17.9. The number of aromatic nitrogens is 2. The van der Waals surface area contributed by atoms with Crippen molar-refractivity contribution in [2.24, 2.45) is 5.10 Å². The first-order valence-electron chi connectivity index (χ1n) is 9.77. The second-order valence-corrected chi connectivity index (χ2v) is 8.21. The third kappa shape index (κ3) is 4.07. The molecule has 0 unspecified atom stereocenters. The molecule has 0 aliphatic rings. The molecule has 31 heavy (non-hydrogen) atoms. The molecule has 154 valence electrons. The van der Waals surface area contributed by atoms with Gasteiger partial charge in [0, 0.05) is 16.0 Å². The molecule has 6 nitrogen and oxygen atoms in total. The van der Waals surface area contributed by atoms with Crippen molar-refractivity contribution in [1.82, 2.24) is 9.66 Å². The van der Waals surface area contributed by atoms with Gasteiger partial charge in [0.25, 0.3) is 5.56 Å². The van der Waals surface area contributed by atoms with Crippen molar-refractivity contribution < 1.29 is 4.74 Å². The zero-order valence-corrected chi connectivity index (χ0v) is 18.6. The average molecular weight is 475 g/mol. The maximum absolute atomic E-state index is 13.3. The zero-order valence-electron chi connectivity index (χ0n) is 17.0. The molecule has 0 radical (unpaired) electrons. The highest BCUT2D eigenvalue weighted by Crippen LogP contribution is 2.27. The fraction of sp³-hybridized carbons (Fsp3) is 0.167. The molecule has 0 aliphatic heterocycles. The van der Waals surface area contributed by atoms with Crippen LogP contribution in [0.4, 0.5) is 0 Å². The fourth-order valence-corrected chi connectivity index (χ4v) is 3.77. The van der Waals surface area contributed by atoms with Gasteiger partial charge in [0.15, 0.2) is 6.61 Å². The summed E-state index contributed by atoms with van der Waals surface area (Å²) < 4.78 is 7.76. The van der Waals surface area contributed by atoms with Gasteiger partial charge in [-0.05, 0) is 35.0 Å². The van der Waals surface area contributed by atoms with E-state index in [4.69, 9.17) is 10.00 Å². The first kappa shape index (κ1) is 20.8. The van der Waals surface area contributed by atoms with Crippen LogP contribution in [-0.4, -0.2) is 22.5 Å². The molecule has 4 aromatic rings. The van der Waals surface area contributed by atoms with Gasteiger partial charge in [-0.15, -0.1) is 0 Å². The van der Waals surface area contributed by atoms with E-state index in [2.05, 4.69) is 26.0 Å². The number of fused-ring (bicyclic) bond motifs is 2. The number of nitrogens with zero attached hydrogens (tertiary/aromatic N) is 4. The van der Waals surface area contributed by atoms with E-state index in [1.807, 2.05) is 68.4 Å². The van der Waals surface area contributed by atoms with E-state index in [1.54, 1.807) is 12.3 Å². The molecule has 0 amide bonds. The summed E-state index contributed by atoms with van der Waals surface area (Å²) in [6.07, 6.45) is 1.60. The molecule has 0 bridgehead atoms. The fourth-order valence-electron chi connectivity index (χ4n) is 3.41. The monoisotopic (exact) mass is 474 g/mol. The van der Waals surface area contributed by atoms with Gasteiger partial charge in [-0.25, -0.2) is 4.98 Å². The second-order valence-electron chi connectivity index (χ2n) is 7.29. The molecule has 0 spiro atoms. The molecule has 4 rings (SSSR count). The van der Waals surface area contributed by atoms with E-state index in [1.165, 1.54) is 4.68 Å². The first-order valence-corrected chi connectivity index (χ1v) is 10.6. The molecular weight excluding hydrogens is 456 g/mol. The summed E-state index contributed by atoms with van der Waals surface area (Å²) in [6, 6.07) is 19.0. The van der Waals surface area contributed by atoms with Crippen LogP contribution in [0.25, 0.3) is 21.7 Å². The average Bonchev–Trinajstić information content (AvgIpc) is 2.77. The Bertz CT molecular complexity index is 1420. The molecular formula is C24H19BrN4O2. The van der Waals surface area contributed by atoms with Crippen molar-refractivity contribution in [2.75, 3.05) is 6.61 Å². The highest BCUT2D eigenvalue weighted by atomic mass is 79.9. The lowest BCUT2D eigenvalue weighted by Gasteiger charge is -2.13. The van der Waals surface area contributed by atoms with E-state index in [9.17, 15) is 4.79 Å². The van der Waals surface area contributed by atoms with Gasteiger partial charge in [0.2, 0.25) is 0 Å². The van der Waals surface area contributed by atoms with Gasteiger partial charge in [-0.2, -0.15) is 15.0 Å². The van der Waals surface area contributed by atoms with E-state index in [-0.39, 0.29) is 18.1 Å². The van der Waals surface area contributed by atoms with Gasteiger partial charge in [-0.3, -0.25) is 4.79 Å². The van der Waals surface area contributed by atoms with Crippen LogP contribution in [-0.2, 0) is 0 Å². The highest BCUT2D eigenvalue weighted by molar-refractivity contribution is 9.10. The van der Waals surface area contributed by atoms with Crippen molar-refractivity contribution in [3.05, 3.63) is 80.8 Å². The Labute approximate surface area is 187 Å². The topological polar surface area (TPSA) is 80.3 Å². The van der Waals surface area contributed by atoms with Gasteiger partial charge in [0.05, 0.1) is 17.1 Å². The Morgan fingerprint density at radius 1 is 1.19 bits per heavy atom. The minimum absolute atomic E-state index is 0.0141. The van der Waals surface area contributed by atoms with Crippen molar-refractivity contribution in [3.8, 4) is 11.8 Å². The molecule has 3 aromatic carbocycles. The van der Waals surface area contributed by atoms with Crippen LogP contribution in [0.5, 0.6) is 5.75 Å². The third-order valence-corrected chi connectivity index (χ3v) is 5.37. The number of halogens is 1. The number of rotatable bonds is 5. The Morgan fingerprint density at radius 2 is 2.00 bits per heavy atom. The molecule has 0 fully saturated rings. The van der Waals surface area contributed by atoms with Crippen LogP contribution in [0.15, 0.2) is 69.0 Å². The van der Waals surface area contributed by atoms with Gasteiger partial charge in [-0.1, -0.05) is 60.1 Å². The number of hydrogen-bond donors (Lipinski definition) is 0. The standard InChI is InChI=1S/C24H19BrN4O2/c1-15(2)23-28-21-9-8-17(25)13-19(21)24(30)29(23)27-14-20-18-6-4-3-5-16(18)7-10-22(20)31-12-11-26/h3-10,13-15H,12H2,1-2H3. The van der Waals surface area contributed by atoms with E-state index < -0.39 is 0 Å². The molecule has 0 N–H and O–H groups in total. The van der Waals surface area contributed by atoms with Crippen molar-refractivity contribution in [2.45, 2.75) is 19.8 Å². The van der Waals surface area contributed by atoms with Crippen LogP contribution in [0.1, 0.15) is 31.2 Å². The maximum atomic E-state index is 13.3. The van der Waals surface area contributed by atoms with Crippen LogP contribution < -0.4 is 10.3 Å². The summed E-state index contributed by atoms with van der Waals surface area (Å²) in [5.74, 6) is 1.08. The summed E-state index contributed by atoms with van der Waals surface area (Å²) in [6.45, 7) is 3.86. The minimum Gasteiger partial charge on any atom is -0.478 e. The SMILES string of the molecule is CC(C)c1nc2ccc(Br)cc2c(=O)n1N=Cc1c(OCC#N)ccc2ccccc12. The van der Waals surface area contributed by atoms with Crippen molar-refractivity contribution >= 4 is 43.8 Å². The van der Waals surface area contributed by atoms with Gasteiger partial charge < -0.3 is 4.74 Å². The lowest BCUT2D eigenvalue weighted by Crippen LogP contribution is -2.23. The summed E-state index contributed by atoms with van der Waals surface area (Å²) in [5, 5.41) is 15.9.